The van der Waals surface area contributed by atoms with E-state index < -0.39 is 44.1 Å². The third kappa shape index (κ3) is 10.5. The van der Waals surface area contributed by atoms with Crippen LogP contribution in [0.3, 0.4) is 0 Å². The van der Waals surface area contributed by atoms with Gasteiger partial charge in [0.05, 0.1) is 24.7 Å². The van der Waals surface area contributed by atoms with Crippen LogP contribution < -0.4 is 4.74 Å². The summed E-state index contributed by atoms with van der Waals surface area (Å²) in [7, 11) is -3.96. The van der Waals surface area contributed by atoms with Crippen molar-refractivity contribution in [1.82, 2.24) is 0 Å². The standard InChI is InChI=1S/C9H7BrF2O2.C9H9NO6S.C6H3BrF2O/c10-5-1-7(11)9(12)8(2-5)14-4-6-3-13-6;11-10(12)7-2-1-3-9(4-7)17(13,14)16-6-8-5-15-8;7-3-1-4(8)6(9)5(10)2-3/h1-2,6H,3-4H2;1-4,8H,5-6H2;1-2,10H/t6-;8-;/m10./s1. The van der Waals surface area contributed by atoms with Crippen LogP contribution in [0, 0.1) is 33.4 Å². The first-order valence-corrected chi connectivity index (χ1v) is 14.2. The fourth-order valence-electron chi connectivity index (χ4n) is 2.68. The minimum Gasteiger partial charge on any atom is -0.505 e. The molecule has 2 aliphatic heterocycles. The second-order valence-electron chi connectivity index (χ2n) is 8.14. The number of nitro groups is 1. The summed E-state index contributed by atoms with van der Waals surface area (Å²) in [6, 6.07) is 9.17. The molecule has 2 saturated heterocycles. The van der Waals surface area contributed by atoms with Gasteiger partial charge >= 0.3 is 0 Å². The third-order valence-corrected chi connectivity index (χ3v) is 7.08. The number of phenolic OH excluding ortho intramolecular Hbond substituents is 1. The number of hydrogen-bond donors (Lipinski definition) is 1. The SMILES string of the molecule is Fc1cc(Br)cc(OC[C@H]2CO2)c1F.O=[N+]([O-])c1cccc(S(=O)(=O)OC[C@@H]2CO2)c1.Oc1cc(Br)cc(F)c1F. The minimum atomic E-state index is -3.96. The summed E-state index contributed by atoms with van der Waals surface area (Å²) in [5.74, 6) is -4.95. The second-order valence-corrected chi connectivity index (χ2v) is 11.6. The quantitative estimate of drug-likeness (QED) is 0.0779. The molecular formula is C24H19Br2F4NO9S. The molecule has 0 saturated carbocycles. The average Bonchev–Trinajstić information content (AvgIpc) is 3.84. The van der Waals surface area contributed by atoms with Crippen molar-refractivity contribution in [3.8, 4) is 11.5 Å². The normalized spacial score (nSPS) is 16.9. The van der Waals surface area contributed by atoms with E-state index in [0.717, 1.165) is 24.3 Å². The molecule has 2 heterocycles. The van der Waals surface area contributed by atoms with Gasteiger partial charge in [0.25, 0.3) is 15.8 Å². The van der Waals surface area contributed by atoms with Crippen molar-refractivity contribution in [2.24, 2.45) is 0 Å². The summed E-state index contributed by atoms with van der Waals surface area (Å²) in [5.41, 5.74) is -0.294. The van der Waals surface area contributed by atoms with Crippen LogP contribution in [0.2, 0.25) is 0 Å². The predicted molar refractivity (Wildman–Crippen MR) is 141 cm³/mol. The molecule has 0 aliphatic carbocycles. The van der Waals surface area contributed by atoms with Gasteiger partial charge in [-0.25, -0.2) is 8.78 Å². The van der Waals surface area contributed by atoms with E-state index >= 15 is 0 Å². The topological polar surface area (TPSA) is 141 Å². The van der Waals surface area contributed by atoms with Gasteiger partial charge in [-0.05, 0) is 30.3 Å². The van der Waals surface area contributed by atoms with E-state index in [9.17, 15) is 36.1 Å². The van der Waals surface area contributed by atoms with Gasteiger partial charge in [0.1, 0.15) is 23.7 Å². The van der Waals surface area contributed by atoms with Gasteiger partial charge in [-0.3, -0.25) is 14.3 Å². The Bertz CT molecular complexity index is 1480. The molecule has 3 aromatic carbocycles. The zero-order valence-electron chi connectivity index (χ0n) is 20.4. The first-order valence-electron chi connectivity index (χ1n) is 11.2. The van der Waals surface area contributed by atoms with Crippen LogP contribution in [-0.2, 0) is 23.8 Å². The van der Waals surface area contributed by atoms with Crippen molar-refractivity contribution in [3.05, 3.63) is 90.9 Å². The van der Waals surface area contributed by atoms with E-state index in [1.165, 1.54) is 24.3 Å². The zero-order valence-corrected chi connectivity index (χ0v) is 24.4. The van der Waals surface area contributed by atoms with Crippen LogP contribution >= 0.6 is 31.9 Å². The fraction of sp³-hybridized carbons (Fsp3) is 0.250. The van der Waals surface area contributed by atoms with Crippen LogP contribution in [-0.4, -0.2) is 57.1 Å². The minimum absolute atomic E-state index is 0.0245. The van der Waals surface area contributed by atoms with E-state index in [2.05, 4.69) is 31.9 Å². The van der Waals surface area contributed by atoms with Crippen molar-refractivity contribution in [2.45, 2.75) is 17.1 Å². The molecule has 0 unspecified atom stereocenters. The van der Waals surface area contributed by atoms with Gasteiger partial charge in [-0.2, -0.15) is 17.2 Å². The largest absolute Gasteiger partial charge is 0.505 e. The highest BCUT2D eigenvalue weighted by molar-refractivity contribution is 9.10. The molecule has 10 nitrogen and oxygen atoms in total. The van der Waals surface area contributed by atoms with Crippen LogP contribution in [0.15, 0.2) is 62.4 Å². The Labute approximate surface area is 247 Å². The Balaban J connectivity index is 0.000000175. The summed E-state index contributed by atoms with van der Waals surface area (Å²) >= 11 is 5.93. The number of non-ortho nitro benzene ring substituents is 1. The molecule has 0 radical (unpaired) electrons. The molecule has 222 valence electrons. The van der Waals surface area contributed by atoms with Gasteiger partial charge in [-0.1, -0.05) is 37.9 Å². The van der Waals surface area contributed by atoms with Crippen LogP contribution in [0.5, 0.6) is 11.5 Å². The first kappa shape index (κ1) is 32.7. The van der Waals surface area contributed by atoms with Crippen molar-refractivity contribution in [2.75, 3.05) is 26.4 Å². The molecule has 17 heteroatoms. The van der Waals surface area contributed by atoms with E-state index in [4.69, 9.17) is 23.5 Å². The number of epoxide rings is 2. The van der Waals surface area contributed by atoms with Crippen molar-refractivity contribution in [1.29, 1.82) is 0 Å². The highest BCUT2D eigenvalue weighted by atomic mass is 79.9. The molecule has 0 aromatic heterocycles. The molecule has 0 amide bonds. The lowest BCUT2D eigenvalue weighted by Crippen LogP contribution is -2.11. The van der Waals surface area contributed by atoms with E-state index in [1.807, 2.05) is 0 Å². The van der Waals surface area contributed by atoms with Crippen LogP contribution in [0.4, 0.5) is 23.2 Å². The predicted octanol–water partition coefficient (Wildman–Crippen LogP) is 5.64. The number of rotatable bonds is 8. The molecule has 3 aromatic rings. The number of aromatic hydroxyl groups is 1. The Morgan fingerprint density at radius 2 is 1.49 bits per heavy atom. The number of nitrogens with zero attached hydrogens (tertiary/aromatic N) is 1. The number of hydrogen-bond acceptors (Lipinski definition) is 9. The van der Waals surface area contributed by atoms with Crippen LogP contribution in [0.25, 0.3) is 0 Å². The third-order valence-electron chi connectivity index (χ3n) is 4.89. The Kier molecular flexibility index (Phi) is 11.5. The van der Waals surface area contributed by atoms with E-state index in [-0.39, 0.29) is 41.8 Å². The summed E-state index contributed by atoms with van der Waals surface area (Å²) in [6.07, 6.45) is -0.167. The number of halogens is 6. The molecule has 2 fully saturated rings. The Morgan fingerprint density at radius 3 is 2.05 bits per heavy atom. The summed E-state index contributed by atoms with van der Waals surface area (Å²) in [6.45, 7) is 1.29. The zero-order chi connectivity index (χ0) is 30.3. The molecular weight excluding hydrogens is 714 g/mol. The number of phenols is 1. The molecule has 1 N–H and O–H groups in total. The Morgan fingerprint density at radius 1 is 0.927 bits per heavy atom. The molecule has 41 heavy (non-hydrogen) atoms. The van der Waals surface area contributed by atoms with Gasteiger partial charge in [0.15, 0.2) is 29.0 Å². The fourth-order valence-corrected chi connectivity index (χ4v) is 4.48. The maximum atomic E-state index is 13.1. The van der Waals surface area contributed by atoms with E-state index in [0.29, 0.717) is 22.2 Å². The second kappa shape index (κ2) is 14.4. The molecule has 2 aliphatic rings. The first-order chi connectivity index (χ1) is 19.3. The lowest BCUT2D eigenvalue weighted by Gasteiger charge is -2.06. The molecule has 0 bridgehead atoms. The van der Waals surface area contributed by atoms with Crippen LogP contribution in [0.1, 0.15) is 0 Å². The average molecular weight is 733 g/mol. The monoisotopic (exact) mass is 731 g/mol. The highest BCUT2D eigenvalue weighted by Gasteiger charge is 2.27. The molecule has 0 spiro atoms. The number of ether oxygens (including phenoxy) is 3. The van der Waals surface area contributed by atoms with E-state index in [1.54, 1.807) is 0 Å². The lowest BCUT2D eigenvalue weighted by atomic mass is 10.3. The van der Waals surface area contributed by atoms with Gasteiger partial charge in [0, 0.05) is 21.1 Å². The van der Waals surface area contributed by atoms with Gasteiger partial charge in [0.2, 0.25) is 5.82 Å². The summed E-state index contributed by atoms with van der Waals surface area (Å²) in [5, 5.41) is 19.1. The highest BCUT2D eigenvalue weighted by Crippen LogP contribution is 2.26. The maximum Gasteiger partial charge on any atom is 0.297 e. The number of nitro benzene ring substituents is 1. The number of benzene rings is 3. The smallest absolute Gasteiger partial charge is 0.297 e. The maximum absolute atomic E-state index is 13.1. The molecule has 2 atom stereocenters. The summed E-state index contributed by atoms with van der Waals surface area (Å²) in [4.78, 5) is 9.61. The van der Waals surface area contributed by atoms with Crippen molar-refractivity contribution >= 4 is 47.7 Å². The van der Waals surface area contributed by atoms with Crippen molar-refractivity contribution < 1.29 is 54.4 Å². The summed E-state index contributed by atoms with van der Waals surface area (Å²) < 4.78 is 94.0. The van der Waals surface area contributed by atoms with Gasteiger partial charge in [-0.15, -0.1) is 0 Å². The van der Waals surface area contributed by atoms with Crippen molar-refractivity contribution in [3.63, 3.8) is 0 Å². The Hall–Kier alpha value is -2.83. The molecule has 5 rings (SSSR count). The van der Waals surface area contributed by atoms with Gasteiger partial charge < -0.3 is 19.3 Å². The lowest BCUT2D eigenvalue weighted by molar-refractivity contribution is -0.385.